The smallest absolute Gasteiger partial charge is 0.415 e. The van der Waals surface area contributed by atoms with Crippen molar-refractivity contribution in [2.45, 2.75) is 33.3 Å². The number of aryl methyl sites for hydroxylation is 1. The Balaban J connectivity index is 3.00. The second-order valence-electron chi connectivity index (χ2n) is 5.00. The Morgan fingerprint density at radius 2 is 1.94 bits per heavy atom. The Kier molecular flexibility index (Phi) is 4.48. The Morgan fingerprint density at radius 1 is 1.33 bits per heavy atom. The van der Waals surface area contributed by atoms with Crippen LogP contribution in [0.25, 0.3) is 0 Å². The summed E-state index contributed by atoms with van der Waals surface area (Å²) in [6.45, 7) is 7.08. The van der Waals surface area contributed by atoms with Gasteiger partial charge in [-0.3, -0.25) is 9.69 Å². The van der Waals surface area contributed by atoms with E-state index in [4.69, 9.17) is 4.74 Å². The number of carbonyl (C=O) groups excluding carboxylic acids is 2. The van der Waals surface area contributed by atoms with Gasteiger partial charge in [-0.15, -0.1) is 0 Å². The molecule has 97 valence electrons. The van der Waals surface area contributed by atoms with Crippen LogP contribution in [-0.4, -0.2) is 24.5 Å². The minimum atomic E-state index is -0.596. The molecule has 0 unspecified atom stereocenters. The number of nitrogens with zero attached hydrogens (tertiary/aromatic N) is 1. The van der Waals surface area contributed by atoms with Crippen LogP contribution in [0.3, 0.4) is 0 Å². The summed E-state index contributed by atoms with van der Waals surface area (Å²) in [7, 11) is 0. The van der Waals surface area contributed by atoms with Crippen LogP contribution in [0.1, 0.15) is 26.3 Å². The molecule has 0 aliphatic carbocycles. The first-order chi connectivity index (χ1) is 8.35. The van der Waals surface area contributed by atoms with Crippen molar-refractivity contribution in [2.24, 2.45) is 0 Å². The lowest BCUT2D eigenvalue weighted by molar-refractivity contribution is 0.0585. The number of carbonyl (C=O) groups is 1. The van der Waals surface area contributed by atoms with Crippen molar-refractivity contribution in [3.05, 3.63) is 29.8 Å². The van der Waals surface area contributed by atoms with Crippen LogP contribution in [0.15, 0.2) is 24.3 Å². The quantitative estimate of drug-likeness (QED) is 0.826. The lowest BCUT2D eigenvalue weighted by Crippen LogP contribution is -2.38. The molecule has 0 aromatic heterocycles. The normalized spacial score (nSPS) is 10.9. The molecule has 0 aliphatic heterocycles. The van der Waals surface area contributed by atoms with E-state index in [0.717, 1.165) is 5.56 Å². The summed E-state index contributed by atoms with van der Waals surface area (Å²) in [5.74, 6) is 0. The number of para-hydroxylation sites is 1. The molecule has 0 saturated heterocycles. The maximum absolute atomic E-state index is 12.0. The van der Waals surface area contributed by atoms with Crippen molar-refractivity contribution in [3.63, 3.8) is 0 Å². The van der Waals surface area contributed by atoms with Crippen LogP contribution < -0.4 is 4.90 Å². The second-order valence-corrected chi connectivity index (χ2v) is 5.00. The summed E-state index contributed by atoms with van der Waals surface area (Å²) < 4.78 is 5.27. The third-order valence-electron chi connectivity index (χ3n) is 2.24. The fourth-order valence-corrected chi connectivity index (χ4v) is 1.50. The van der Waals surface area contributed by atoms with Crippen molar-refractivity contribution >= 4 is 18.1 Å². The van der Waals surface area contributed by atoms with Gasteiger partial charge in [-0.1, -0.05) is 18.2 Å². The molecule has 1 aromatic carbocycles. The zero-order chi connectivity index (χ0) is 13.8. The summed E-state index contributed by atoms with van der Waals surface area (Å²) in [6.07, 6.45) is 1.19. The minimum Gasteiger partial charge on any atom is -0.443 e. The molecule has 1 rings (SSSR count). The highest BCUT2D eigenvalue weighted by Gasteiger charge is 2.24. The van der Waals surface area contributed by atoms with E-state index >= 15 is 0 Å². The van der Waals surface area contributed by atoms with Gasteiger partial charge in [0.25, 0.3) is 0 Å². The van der Waals surface area contributed by atoms with E-state index in [-0.39, 0.29) is 6.54 Å². The Bertz CT molecular complexity index is 435. The zero-order valence-electron chi connectivity index (χ0n) is 11.2. The molecule has 4 nitrogen and oxygen atoms in total. The van der Waals surface area contributed by atoms with Crippen molar-refractivity contribution in [1.82, 2.24) is 0 Å². The molecular weight excluding hydrogens is 230 g/mol. The lowest BCUT2D eigenvalue weighted by atomic mass is 10.2. The molecule has 0 N–H and O–H groups in total. The highest BCUT2D eigenvalue weighted by Crippen LogP contribution is 2.21. The Hall–Kier alpha value is -1.84. The van der Waals surface area contributed by atoms with E-state index in [1.165, 1.54) is 4.90 Å². The van der Waals surface area contributed by atoms with Gasteiger partial charge in [-0.05, 0) is 39.3 Å². The number of hydrogen-bond donors (Lipinski definition) is 0. The molecule has 0 atom stereocenters. The van der Waals surface area contributed by atoms with Gasteiger partial charge in [-0.25, -0.2) is 4.79 Å². The average molecular weight is 248 g/mol. The molecule has 0 saturated carbocycles. The molecule has 0 fully saturated rings. The second kappa shape index (κ2) is 5.67. The molecule has 4 heteroatoms. The van der Waals surface area contributed by atoms with E-state index in [0.29, 0.717) is 5.69 Å². The SMILES string of the molecule is Cc1ccccc1N(C[C]=O)C(=O)OC(C)(C)C. The lowest BCUT2D eigenvalue weighted by Gasteiger charge is -2.26. The third-order valence-corrected chi connectivity index (χ3v) is 2.24. The molecule has 0 aliphatic rings. The summed E-state index contributed by atoms with van der Waals surface area (Å²) in [6, 6.07) is 7.33. The van der Waals surface area contributed by atoms with Gasteiger partial charge in [0.1, 0.15) is 5.60 Å². The van der Waals surface area contributed by atoms with Crippen LogP contribution in [-0.2, 0) is 9.53 Å². The third kappa shape index (κ3) is 3.87. The fourth-order valence-electron chi connectivity index (χ4n) is 1.50. The summed E-state index contributed by atoms with van der Waals surface area (Å²) >= 11 is 0. The van der Waals surface area contributed by atoms with Crippen molar-refractivity contribution < 1.29 is 14.3 Å². The Morgan fingerprint density at radius 3 is 2.44 bits per heavy atom. The maximum atomic E-state index is 12.0. The first kappa shape index (κ1) is 14.2. The monoisotopic (exact) mass is 248 g/mol. The largest absolute Gasteiger partial charge is 0.443 e. The van der Waals surface area contributed by atoms with Crippen LogP contribution in [0, 0.1) is 6.92 Å². The maximum Gasteiger partial charge on any atom is 0.415 e. The van der Waals surface area contributed by atoms with Crippen molar-refractivity contribution in [2.75, 3.05) is 11.4 Å². The summed E-state index contributed by atoms with van der Waals surface area (Å²) in [4.78, 5) is 23.9. The van der Waals surface area contributed by atoms with E-state index in [2.05, 4.69) is 0 Å². The van der Waals surface area contributed by atoms with Crippen molar-refractivity contribution in [1.29, 1.82) is 0 Å². The zero-order valence-corrected chi connectivity index (χ0v) is 11.2. The summed E-state index contributed by atoms with van der Waals surface area (Å²) in [5.41, 5.74) is 0.967. The van der Waals surface area contributed by atoms with Gasteiger partial charge in [0.05, 0.1) is 12.2 Å². The van der Waals surface area contributed by atoms with Crippen molar-refractivity contribution in [3.8, 4) is 0 Å². The van der Waals surface area contributed by atoms with Crippen LogP contribution in [0.4, 0.5) is 10.5 Å². The first-order valence-electron chi connectivity index (χ1n) is 5.76. The van der Waals surface area contributed by atoms with E-state index in [1.54, 1.807) is 33.1 Å². The van der Waals surface area contributed by atoms with E-state index in [9.17, 15) is 9.59 Å². The van der Waals surface area contributed by atoms with E-state index < -0.39 is 11.7 Å². The summed E-state index contributed by atoms with van der Waals surface area (Å²) in [5, 5.41) is 0. The van der Waals surface area contributed by atoms with Crippen LogP contribution >= 0.6 is 0 Å². The molecule has 0 bridgehead atoms. The van der Waals surface area contributed by atoms with Gasteiger partial charge in [0.15, 0.2) is 0 Å². The molecule has 1 aromatic rings. The highest BCUT2D eigenvalue weighted by atomic mass is 16.6. The van der Waals surface area contributed by atoms with Crippen LogP contribution in [0.2, 0.25) is 0 Å². The number of benzene rings is 1. The number of amides is 1. The molecule has 1 radical (unpaired) electrons. The molecule has 0 heterocycles. The predicted octanol–water partition coefficient (Wildman–Crippen LogP) is 2.85. The topological polar surface area (TPSA) is 46.6 Å². The molecule has 1 amide bonds. The minimum absolute atomic E-state index is 0.139. The first-order valence-corrected chi connectivity index (χ1v) is 5.76. The molecule has 0 spiro atoms. The highest BCUT2D eigenvalue weighted by molar-refractivity contribution is 5.91. The van der Waals surface area contributed by atoms with Gasteiger partial charge < -0.3 is 4.74 Å². The van der Waals surface area contributed by atoms with Gasteiger partial charge in [-0.2, -0.15) is 0 Å². The number of rotatable bonds is 3. The van der Waals surface area contributed by atoms with Crippen LogP contribution in [0.5, 0.6) is 0 Å². The fraction of sp³-hybridized carbons (Fsp3) is 0.429. The number of hydrogen-bond acceptors (Lipinski definition) is 3. The standard InChI is InChI=1S/C14H18NO3/c1-11-7-5-6-8-12(11)15(9-10-16)13(17)18-14(2,3)4/h5-8H,9H2,1-4H3. The Labute approximate surface area is 108 Å². The number of anilines is 1. The van der Waals surface area contributed by atoms with Gasteiger partial charge in [0, 0.05) is 0 Å². The molecule has 18 heavy (non-hydrogen) atoms. The molecular formula is C14H18NO3. The average Bonchev–Trinajstić information content (AvgIpc) is 2.24. The number of ether oxygens (including phenoxy) is 1. The van der Waals surface area contributed by atoms with Gasteiger partial charge in [0.2, 0.25) is 6.29 Å². The predicted molar refractivity (Wildman–Crippen MR) is 70.5 cm³/mol. The van der Waals surface area contributed by atoms with Gasteiger partial charge >= 0.3 is 6.09 Å². The van der Waals surface area contributed by atoms with E-state index in [1.807, 2.05) is 25.1 Å².